The number of primary amides is 1. The summed E-state index contributed by atoms with van der Waals surface area (Å²) >= 11 is 3.36. The lowest BCUT2D eigenvalue weighted by atomic mass is 9.85. The molecule has 1 saturated heterocycles. The number of carbonyl (C=O) groups is 3. The van der Waals surface area contributed by atoms with Gasteiger partial charge in [-0.2, -0.15) is 10.1 Å². The number of hydrazone groups is 1. The van der Waals surface area contributed by atoms with Gasteiger partial charge in [0.2, 0.25) is 0 Å². The van der Waals surface area contributed by atoms with Crippen LogP contribution in [0.25, 0.3) is 0 Å². The Morgan fingerprint density at radius 1 is 1.29 bits per heavy atom. The molecule has 2 N–H and O–H groups in total. The minimum absolute atomic E-state index is 0.118. The number of amides is 3. The van der Waals surface area contributed by atoms with Crippen molar-refractivity contribution in [3.8, 4) is 11.5 Å². The monoisotopic (exact) mass is 447 g/mol. The molecule has 0 radical (unpaired) electrons. The van der Waals surface area contributed by atoms with Gasteiger partial charge in [0, 0.05) is 10.0 Å². The summed E-state index contributed by atoms with van der Waals surface area (Å²) in [6.07, 6.45) is 6.27. The second-order valence-electron chi connectivity index (χ2n) is 7.01. The molecule has 28 heavy (non-hydrogen) atoms. The minimum Gasteiger partial charge on any atom is -0.493 e. The Morgan fingerprint density at radius 2 is 1.93 bits per heavy atom. The molecule has 4 atom stereocenters. The summed E-state index contributed by atoms with van der Waals surface area (Å²) in [5, 5.41) is 5.10. The lowest BCUT2D eigenvalue weighted by Crippen LogP contribution is -2.28. The number of nitrogens with zero attached hydrogens (tertiary/aromatic N) is 2. The summed E-state index contributed by atoms with van der Waals surface area (Å²) in [6.45, 7) is -0.348. The van der Waals surface area contributed by atoms with Crippen LogP contribution in [0.1, 0.15) is 12.0 Å². The Bertz CT molecular complexity index is 898. The smallest absolute Gasteiger partial charge is 0.255 e. The van der Waals surface area contributed by atoms with Gasteiger partial charge in [0.1, 0.15) is 0 Å². The molecule has 1 saturated carbocycles. The summed E-state index contributed by atoms with van der Waals surface area (Å²) in [5.74, 6) is -0.990. The van der Waals surface area contributed by atoms with Crippen molar-refractivity contribution in [3.05, 3.63) is 34.3 Å². The van der Waals surface area contributed by atoms with E-state index in [4.69, 9.17) is 15.2 Å². The lowest BCUT2D eigenvalue weighted by Gasteiger charge is -2.14. The number of halogens is 1. The third-order valence-corrected chi connectivity index (χ3v) is 5.84. The maximum absolute atomic E-state index is 12.7. The largest absolute Gasteiger partial charge is 0.493 e. The minimum atomic E-state index is -0.645. The number of nitrogens with two attached hydrogens (primary N) is 1. The molecule has 0 spiro atoms. The Kier molecular flexibility index (Phi) is 4.70. The van der Waals surface area contributed by atoms with Gasteiger partial charge in [-0.3, -0.25) is 14.4 Å². The zero-order valence-corrected chi connectivity index (χ0v) is 16.6. The van der Waals surface area contributed by atoms with Crippen molar-refractivity contribution in [2.24, 2.45) is 34.5 Å². The average molecular weight is 448 g/mol. The zero-order chi connectivity index (χ0) is 20.0. The van der Waals surface area contributed by atoms with Crippen LogP contribution in [0.3, 0.4) is 0 Å². The van der Waals surface area contributed by atoms with Crippen LogP contribution >= 0.6 is 15.9 Å². The first-order chi connectivity index (χ1) is 13.4. The summed E-state index contributed by atoms with van der Waals surface area (Å²) in [7, 11) is 1.46. The molecule has 1 aromatic rings. The molecular weight excluding hydrogens is 430 g/mol. The molecule has 0 aromatic heterocycles. The Balaban J connectivity index is 1.63. The molecule has 2 fully saturated rings. The predicted molar refractivity (Wildman–Crippen MR) is 103 cm³/mol. The highest BCUT2D eigenvalue weighted by Gasteiger charge is 2.59. The molecule has 1 aliphatic heterocycles. The molecule has 4 rings (SSSR count). The van der Waals surface area contributed by atoms with Crippen LogP contribution in [0.4, 0.5) is 0 Å². The van der Waals surface area contributed by atoms with E-state index in [1.54, 1.807) is 12.1 Å². The third kappa shape index (κ3) is 2.99. The number of rotatable bonds is 6. The standard InChI is InChI=1S/C19H18BrN3O5/c1-27-13-6-12(20)5-11(17(13)28-8-14(21)24)7-22-23-18(25)15-9-2-3-10(4-9)16(15)19(23)26/h2-3,5-7,9-10,15-16H,4,8H2,1H3,(H2,21,24)/t9-,10-,15-,16+/m0/s1. The van der Waals surface area contributed by atoms with Crippen molar-refractivity contribution in [2.75, 3.05) is 13.7 Å². The van der Waals surface area contributed by atoms with Crippen molar-refractivity contribution < 1.29 is 23.9 Å². The van der Waals surface area contributed by atoms with Gasteiger partial charge in [-0.1, -0.05) is 28.1 Å². The maximum Gasteiger partial charge on any atom is 0.255 e. The van der Waals surface area contributed by atoms with Crippen molar-refractivity contribution in [1.82, 2.24) is 5.01 Å². The predicted octanol–water partition coefficient (Wildman–Crippen LogP) is 1.46. The number of imide groups is 1. The van der Waals surface area contributed by atoms with Gasteiger partial charge in [-0.25, -0.2) is 0 Å². The van der Waals surface area contributed by atoms with E-state index in [9.17, 15) is 14.4 Å². The Hall–Kier alpha value is -2.68. The number of carbonyl (C=O) groups excluding carboxylic acids is 3. The molecule has 0 unspecified atom stereocenters. The van der Waals surface area contributed by atoms with Gasteiger partial charge in [-0.05, 0) is 30.4 Å². The highest BCUT2D eigenvalue weighted by atomic mass is 79.9. The lowest BCUT2D eigenvalue weighted by molar-refractivity contribution is -0.140. The fourth-order valence-corrected chi connectivity index (χ4v) is 4.71. The number of methoxy groups -OCH3 is 1. The summed E-state index contributed by atoms with van der Waals surface area (Å²) in [4.78, 5) is 36.6. The molecule has 9 heteroatoms. The first-order valence-electron chi connectivity index (χ1n) is 8.79. The molecule has 3 amide bonds. The SMILES string of the molecule is COc1cc(Br)cc(C=NN2C(=O)[C@@H]3[C@H](C2=O)[C@H]2C=C[C@H]3C2)c1OCC(N)=O. The van der Waals surface area contributed by atoms with Gasteiger partial charge in [0.15, 0.2) is 18.1 Å². The van der Waals surface area contributed by atoms with E-state index in [-0.39, 0.29) is 47.8 Å². The van der Waals surface area contributed by atoms with Gasteiger partial charge in [0.05, 0.1) is 25.2 Å². The van der Waals surface area contributed by atoms with Crippen LogP contribution in [-0.2, 0) is 14.4 Å². The van der Waals surface area contributed by atoms with Gasteiger partial charge in [0.25, 0.3) is 17.7 Å². The maximum atomic E-state index is 12.7. The average Bonchev–Trinajstić information content (AvgIpc) is 3.33. The van der Waals surface area contributed by atoms with E-state index in [0.717, 1.165) is 11.4 Å². The van der Waals surface area contributed by atoms with Crippen molar-refractivity contribution in [2.45, 2.75) is 6.42 Å². The highest BCUT2D eigenvalue weighted by molar-refractivity contribution is 9.10. The number of ether oxygens (including phenoxy) is 2. The molecule has 2 bridgehead atoms. The zero-order valence-electron chi connectivity index (χ0n) is 15.0. The Labute approximate surface area is 169 Å². The summed E-state index contributed by atoms with van der Waals surface area (Å²) in [5.41, 5.74) is 5.59. The molecule has 146 valence electrons. The third-order valence-electron chi connectivity index (χ3n) is 5.39. The van der Waals surface area contributed by atoms with Gasteiger partial charge < -0.3 is 15.2 Å². The quantitative estimate of drug-likeness (QED) is 0.403. The second-order valence-corrected chi connectivity index (χ2v) is 7.93. The molecule has 8 nitrogen and oxygen atoms in total. The summed E-state index contributed by atoms with van der Waals surface area (Å²) in [6, 6.07) is 3.34. The van der Waals surface area contributed by atoms with Crippen LogP contribution < -0.4 is 15.2 Å². The first-order valence-corrected chi connectivity index (χ1v) is 9.58. The van der Waals surface area contributed by atoms with Crippen molar-refractivity contribution in [3.63, 3.8) is 0 Å². The van der Waals surface area contributed by atoms with E-state index < -0.39 is 5.91 Å². The highest BCUT2D eigenvalue weighted by Crippen LogP contribution is 2.52. The molecule has 2 aliphatic carbocycles. The van der Waals surface area contributed by atoms with E-state index >= 15 is 0 Å². The van der Waals surface area contributed by atoms with Crippen LogP contribution in [-0.4, -0.2) is 42.7 Å². The topological polar surface area (TPSA) is 111 Å². The fourth-order valence-electron chi connectivity index (χ4n) is 4.25. The number of hydrogen-bond acceptors (Lipinski definition) is 6. The van der Waals surface area contributed by atoms with E-state index in [1.807, 2.05) is 12.2 Å². The van der Waals surface area contributed by atoms with Crippen LogP contribution in [0.2, 0.25) is 0 Å². The van der Waals surface area contributed by atoms with Crippen LogP contribution in [0.5, 0.6) is 11.5 Å². The number of allylic oxidation sites excluding steroid dienone is 2. The number of hydrogen-bond donors (Lipinski definition) is 1. The van der Waals surface area contributed by atoms with Crippen LogP contribution in [0, 0.1) is 23.7 Å². The van der Waals surface area contributed by atoms with Gasteiger partial charge >= 0.3 is 0 Å². The first kappa shape index (κ1) is 18.7. The van der Waals surface area contributed by atoms with Crippen molar-refractivity contribution >= 4 is 39.9 Å². The molecular formula is C19H18BrN3O5. The fraction of sp³-hybridized carbons (Fsp3) is 0.368. The molecule has 1 aromatic carbocycles. The number of benzene rings is 1. The van der Waals surface area contributed by atoms with E-state index in [1.165, 1.54) is 13.3 Å². The normalized spacial score (nSPS) is 27.7. The van der Waals surface area contributed by atoms with E-state index in [2.05, 4.69) is 21.0 Å². The molecule has 3 aliphatic rings. The van der Waals surface area contributed by atoms with Crippen LogP contribution in [0.15, 0.2) is 33.9 Å². The van der Waals surface area contributed by atoms with Gasteiger partial charge in [-0.15, -0.1) is 0 Å². The number of fused-ring (bicyclic) bond motifs is 5. The second kappa shape index (κ2) is 7.05. The Morgan fingerprint density at radius 3 is 2.50 bits per heavy atom. The van der Waals surface area contributed by atoms with E-state index in [0.29, 0.717) is 15.8 Å². The van der Waals surface area contributed by atoms with Crippen molar-refractivity contribution in [1.29, 1.82) is 0 Å². The molecule has 1 heterocycles. The summed E-state index contributed by atoms with van der Waals surface area (Å²) < 4.78 is 11.4.